The molecule has 2 aromatic heterocycles. The van der Waals surface area contributed by atoms with E-state index in [-0.39, 0.29) is 5.91 Å². The zero-order valence-corrected chi connectivity index (χ0v) is 17.9. The highest BCUT2D eigenvalue weighted by molar-refractivity contribution is 7.22. The van der Waals surface area contributed by atoms with E-state index in [1.54, 1.807) is 42.6 Å². The van der Waals surface area contributed by atoms with Crippen LogP contribution in [0.15, 0.2) is 60.9 Å². The number of rotatable bonds is 6. The van der Waals surface area contributed by atoms with Gasteiger partial charge in [0, 0.05) is 23.5 Å². The van der Waals surface area contributed by atoms with E-state index in [0.717, 1.165) is 15.8 Å². The number of thiazole rings is 1. The van der Waals surface area contributed by atoms with Gasteiger partial charge in [-0.2, -0.15) is 0 Å². The number of methoxy groups -OCH3 is 2. The van der Waals surface area contributed by atoms with Gasteiger partial charge in [0.15, 0.2) is 5.13 Å². The number of ether oxygens (including phenoxy) is 2. The Morgan fingerprint density at radius 3 is 2.73 bits per heavy atom. The van der Waals surface area contributed by atoms with Gasteiger partial charge in [-0.1, -0.05) is 29.0 Å². The summed E-state index contributed by atoms with van der Waals surface area (Å²) >= 11 is 7.59. The Balaban J connectivity index is 1.80. The van der Waals surface area contributed by atoms with Gasteiger partial charge in [0.1, 0.15) is 11.5 Å². The smallest absolute Gasteiger partial charge is 0.264 e. The van der Waals surface area contributed by atoms with Crippen molar-refractivity contribution >= 4 is 44.2 Å². The van der Waals surface area contributed by atoms with Crippen LogP contribution in [0.3, 0.4) is 0 Å². The van der Waals surface area contributed by atoms with Gasteiger partial charge in [0.2, 0.25) is 0 Å². The summed E-state index contributed by atoms with van der Waals surface area (Å²) in [5.41, 5.74) is 2.01. The fraction of sp³-hybridized carbons (Fsp3) is 0.136. The van der Waals surface area contributed by atoms with Crippen LogP contribution < -0.4 is 14.4 Å². The lowest BCUT2D eigenvalue weighted by molar-refractivity contribution is 0.0982. The van der Waals surface area contributed by atoms with Gasteiger partial charge in [0.25, 0.3) is 5.91 Å². The number of aromatic nitrogens is 2. The van der Waals surface area contributed by atoms with E-state index in [4.69, 9.17) is 26.1 Å². The molecule has 0 unspecified atom stereocenters. The summed E-state index contributed by atoms with van der Waals surface area (Å²) in [6.07, 6.45) is 3.42. The average Bonchev–Trinajstić information content (AvgIpc) is 3.20. The second-order valence-electron chi connectivity index (χ2n) is 6.43. The fourth-order valence-electron chi connectivity index (χ4n) is 3.03. The van der Waals surface area contributed by atoms with E-state index >= 15 is 0 Å². The Kier molecular flexibility index (Phi) is 5.83. The number of halogens is 1. The number of amides is 1. The summed E-state index contributed by atoms with van der Waals surface area (Å²) in [5, 5.41) is 1.02. The molecular formula is C22H18ClN3O3S. The molecule has 0 aliphatic rings. The monoisotopic (exact) mass is 439 g/mol. The molecule has 6 nitrogen and oxygen atoms in total. The van der Waals surface area contributed by atoms with Crippen molar-refractivity contribution in [1.29, 1.82) is 0 Å². The molecule has 152 valence electrons. The van der Waals surface area contributed by atoms with Gasteiger partial charge in [-0.15, -0.1) is 0 Å². The van der Waals surface area contributed by atoms with Crippen molar-refractivity contribution in [3.05, 3.63) is 77.1 Å². The van der Waals surface area contributed by atoms with Gasteiger partial charge >= 0.3 is 0 Å². The molecule has 2 aromatic carbocycles. The first-order valence-electron chi connectivity index (χ1n) is 9.08. The fourth-order valence-corrected chi connectivity index (χ4v) is 4.15. The van der Waals surface area contributed by atoms with Crippen molar-refractivity contribution in [3.63, 3.8) is 0 Å². The van der Waals surface area contributed by atoms with E-state index in [1.165, 1.54) is 18.4 Å². The Morgan fingerprint density at radius 2 is 2.00 bits per heavy atom. The molecule has 1 amide bonds. The minimum Gasteiger partial charge on any atom is -0.497 e. The normalized spacial score (nSPS) is 10.8. The van der Waals surface area contributed by atoms with Gasteiger partial charge in [-0.25, -0.2) is 4.98 Å². The van der Waals surface area contributed by atoms with Crippen molar-refractivity contribution in [1.82, 2.24) is 9.97 Å². The third-order valence-electron chi connectivity index (χ3n) is 4.51. The van der Waals surface area contributed by atoms with Gasteiger partial charge < -0.3 is 9.47 Å². The summed E-state index contributed by atoms with van der Waals surface area (Å²) in [7, 11) is 3.13. The van der Waals surface area contributed by atoms with E-state index in [2.05, 4.69) is 4.98 Å². The van der Waals surface area contributed by atoms with Crippen LogP contribution in [0.2, 0.25) is 5.02 Å². The van der Waals surface area contributed by atoms with Crippen molar-refractivity contribution in [2.75, 3.05) is 19.1 Å². The summed E-state index contributed by atoms with van der Waals surface area (Å²) in [4.78, 5) is 24.1. The molecule has 0 N–H and O–H groups in total. The van der Waals surface area contributed by atoms with Crippen LogP contribution in [-0.2, 0) is 6.54 Å². The number of pyridine rings is 1. The van der Waals surface area contributed by atoms with Crippen molar-refractivity contribution in [3.8, 4) is 11.5 Å². The van der Waals surface area contributed by atoms with Crippen molar-refractivity contribution in [2.24, 2.45) is 0 Å². The maximum atomic E-state index is 13.6. The number of carbonyl (C=O) groups excluding carboxylic acids is 1. The number of benzene rings is 2. The second-order valence-corrected chi connectivity index (χ2v) is 7.87. The van der Waals surface area contributed by atoms with Crippen LogP contribution in [0.25, 0.3) is 10.2 Å². The number of carbonyl (C=O) groups is 1. The zero-order chi connectivity index (χ0) is 21.1. The van der Waals surface area contributed by atoms with Gasteiger partial charge in [-0.05, 0) is 42.0 Å². The van der Waals surface area contributed by atoms with Crippen molar-refractivity contribution < 1.29 is 14.3 Å². The predicted octanol–water partition coefficient (Wildman–Crippen LogP) is 5.21. The molecule has 0 bridgehead atoms. The topological polar surface area (TPSA) is 64.5 Å². The van der Waals surface area contributed by atoms with E-state index in [9.17, 15) is 4.79 Å². The van der Waals surface area contributed by atoms with Gasteiger partial charge in [-0.3, -0.25) is 14.7 Å². The predicted molar refractivity (Wildman–Crippen MR) is 119 cm³/mol. The van der Waals surface area contributed by atoms with Gasteiger partial charge in [0.05, 0.1) is 36.5 Å². The van der Waals surface area contributed by atoms with E-state index in [1.807, 2.05) is 30.3 Å². The quantitative estimate of drug-likeness (QED) is 0.412. The minimum absolute atomic E-state index is 0.260. The number of hydrogen-bond acceptors (Lipinski definition) is 6. The molecular weight excluding hydrogens is 422 g/mol. The Bertz CT molecular complexity index is 1200. The molecule has 4 rings (SSSR count). The molecule has 0 fully saturated rings. The summed E-state index contributed by atoms with van der Waals surface area (Å²) in [5.74, 6) is 0.897. The number of hydrogen-bond donors (Lipinski definition) is 0. The third kappa shape index (κ3) is 4.08. The molecule has 30 heavy (non-hydrogen) atoms. The second kappa shape index (κ2) is 8.69. The molecule has 0 aliphatic heterocycles. The van der Waals surface area contributed by atoms with Crippen LogP contribution in [0.5, 0.6) is 11.5 Å². The Labute approximate surface area is 182 Å². The standard InChI is InChI=1S/C22H18ClN3O3S/c1-28-16-6-8-20-18(11-16)25-22(30-20)26(13-14-4-3-9-24-12-14)21(27)17-10-15(23)5-7-19(17)29-2/h3-12H,13H2,1-2H3. The lowest BCUT2D eigenvalue weighted by Crippen LogP contribution is -2.30. The van der Waals surface area contributed by atoms with Crippen LogP contribution in [0.1, 0.15) is 15.9 Å². The summed E-state index contributed by atoms with van der Waals surface area (Å²) < 4.78 is 11.6. The van der Waals surface area contributed by atoms with Crippen LogP contribution in [-0.4, -0.2) is 30.1 Å². The Morgan fingerprint density at radius 1 is 1.13 bits per heavy atom. The van der Waals surface area contributed by atoms with Crippen LogP contribution in [0, 0.1) is 0 Å². The molecule has 4 aromatic rings. The van der Waals surface area contributed by atoms with E-state index in [0.29, 0.717) is 33.8 Å². The minimum atomic E-state index is -0.260. The lowest BCUT2D eigenvalue weighted by atomic mass is 10.1. The first-order chi connectivity index (χ1) is 14.6. The highest BCUT2D eigenvalue weighted by Crippen LogP contribution is 2.34. The third-order valence-corrected chi connectivity index (χ3v) is 5.81. The maximum absolute atomic E-state index is 13.6. The van der Waals surface area contributed by atoms with Crippen LogP contribution >= 0.6 is 22.9 Å². The summed E-state index contributed by atoms with van der Waals surface area (Å²) in [6.45, 7) is 0.305. The largest absolute Gasteiger partial charge is 0.497 e. The lowest BCUT2D eigenvalue weighted by Gasteiger charge is -2.21. The Hall–Kier alpha value is -3.16. The number of nitrogens with zero attached hydrogens (tertiary/aromatic N) is 3. The number of anilines is 1. The average molecular weight is 440 g/mol. The highest BCUT2D eigenvalue weighted by Gasteiger charge is 2.25. The van der Waals surface area contributed by atoms with Crippen molar-refractivity contribution in [2.45, 2.75) is 6.54 Å². The highest BCUT2D eigenvalue weighted by atomic mass is 35.5. The molecule has 0 aliphatic carbocycles. The first-order valence-corrected chi connectivity index (χ1v) is 10.3. The molecule has 8 heteroatoms. The number of fused-ring (bicyclic) bond motifs is 1. The SMILES string of the molecule is COc1ccc2sc(N(Cc3cccnc3)C(=O)c3cc(Cl)ccc3OC)nc2c1. The maximum Gasteiger partial charge on any atom is 0.264 e. The van der Waals surface area contributed by atoms with E-state index < -0.39 is 0 Å². The molecule has 0 atom stereocenters. The zero-order valence-electron chi connectivity index (χ0n) is 16.3. The van der Waals surface area contributed by atoms with Crippen LogP contribution in [0.4, 0.5) is 5.13 Å². The molecule has 0 spiro atoms. The first kappa shape index (κ1) is 20.1. The molecule has 0 saturated carbocycles. The summed E-state index contributed by atoms with van der Waals surface area (Å²) in [6, 6.07) is 14.4. The molecule has 0 saturated heterocycles. The molecule has 0 radical (unpaired) electrons. The molecule has 2 heterocycles.